The van der Waals surface area contributed by atoms with E-state index in [9.17, 15) is 14.4 Å². The number of likely N-dealkylation sites (N-methyl/N-ethyl adjacent to an activating group) is 1. The molecule has 1 N–H and O–H groups in total. The molecule has 3 rings (SSSR count). The Morgan fingerprint density at radius 1 is 1.30 bits per heavy atom. The van der Waals surface area contributed by atoms with Crippen molar-refractivity contribution in [1.82, 2.24) is 25.1 Å². The number of hydrogen-bond donors (Lipinski definition) is 1. The Kier molecular flexibility index (Phi) is 8.31. The van der Waals surface area contributed by atoms with Gasteiger partial charge in [0, 0.05) is 20.1 Å². The maximum Gasteiger partial charge on any atom is 0.334 e. The van der Waals surface area contributed by atoms with Crippen LogP contribution in [-0.2, 0) is 20.9 Å². The van der Waals surface area contributed by atoms with Gasteiger partial charge in [0.05, 0.1) is 19.7 Å². The van der Waals surface area contributed by atoms with Crippen LogP contribution in [0.4, 0.5) is 4.79 Å². The minimum Gasteiger partial charge on any atom is -0.367 e. The summed E-state index contributed by atoms with van der Waals surface area (Å²) >= 11 is 0. The first-order valence-electron chi connectivity index (χ1n) is 11.3. The van der Waals surface area contributed by atoms with E-state index < -0.39 is 12.2 Å². The second-order valence-electron chi connectivity index (χ2n) is 8.46. The van der Waals surface area contributed by atoms with E-state index in [-0.39, 0.29) is 43.5 Å². The molecule has 0 spiro atoms. The zero-order chi connectivity index (χ0) is 24.0. The molecule has 2 heterocycles. The average Bonchev–Trinajstić information content (AvgIpc) is 2.81. The van der Waals surface area contributed by atoms with Gasteiger partial charge in [0.25, 0.3) is 0 Å². The SMILES string of the molecule is C#CCOCCN1C[C@H]2N(C(=O)CN(C)N2C(=O)NCc2ccccc2)[C@@H](C(C)CC)C1=O. The summed E-state index contributed by atoms with van der Waals surface area (Å²) in [5, 5.41) is 6.13. The molecule has 33 heavy (non-hydrogen) atoms. The lowest BCUT2D eigenvalue weighted by Crippen LogP contribution is -2.76. The maximum atomic E-state index is 13.4. The minimum absolute atomic E-state index is 0.0285. The van der Waals surface area contributed by atoms with Crippen LogP contribution >= 0.6 is 0 Å². The standard InChI is InChI=1S/C24H33N5O4/c1-5-13-33-14-12-27-16-20-28(22(23(27)31)18(3)6-2)21(30)17-26(4)29(20)24(32)25-15-19-10-8-7-9-11-19/h1,7-11,18,20,22H,6,12-17H2,2-4H3,(H,25,32)/t18?,20-,22-/m0/s1. The highest BCUT2D eigenvalue weighted by molar-refractivity contribution is 5.91. The van der Waals surface area contributed by atoms with Crippen molar-refractivity contribution in [3.05, 3.63) is 35.9 Å². The van der Waals surface area contributed by atoms with Crippen LogP contribution < -0.4 is 5.32 Å². The average molecular weight is 456 g/mol. The van der Waals surface area contributed by atoms with Gasteiger partial charge in [-0.2, -0.15) is 0 Å². The molecule has 1 aromatic carbocycles. The van der Waals surface area contributed by atoms with Crippen molar-refractivity contribution in [2.45, 2.75) is 39.0 Å². The molecule has 2 saturated heterocycles. The molecule has 2 aliphatic rings. The number of ether oxygens (including phenoxy) is 1. The molecule has 0 aromatic heterocycles. The summed E-state index contributed by atoms with van der Waals surface area (Å²) in [5.74, 6) is 2.08. The molecular weight excluding hydrogens is 422 g/mol. The molecule has 0 saturated carbocycles. The fraction of sp³-hybridized carbons (Fsp3) is 0.542. The number of hydrazine groups is 1. The number of nitrogens with zero attached hydrogens (tertiary/aromatic N) is 4. The van der Waals surface area contributed by atoms with Crippen LogP contribution in [0, 0.1) is 18.3 Å². The lowest BCUT2D eigenvalue weighted by Gasteiger charge is -2.55. The van der Waals surface area contributed by atoms with Gasteiger partial charge in [-0.3, -0.25) is 9.59 Å². The van der Waals surface area contributed by atoms with Crippen molar-refractivity contribution in [2.75, 3.05) is 39.9 Å². The van der Waals surface area contributed by atoms with Gasteiger partial charge >= 0.3 is 6.03 Å². The van der Waals surface area contributed by atoms with E-state index in [2.05, 4.69) is 11.2 Å². The van der Waals surface area contributed by atoms with Crippen molar-refractivity contribution in [2.24, 2.45) is 5.92 Å². The lowest BCUT2D eigenvalue weighted by atomic mass is 9.92. The van der Waals surface area contributed by atoms with E-state index in [1.807, 2.05) is 44.2 Å². The molecule has 2 aliphatic heterocycles. The number of rotatable bonds is 8. The van der Waals surface area contributed by atoms with Crippen LogP contribution in [0.5, 0.6) is 0 Å². The molecular formula is C24H33N5O4. The number of fused-ring (bicyclic) bond motifs is 1. The zero-order valence-corrected chi connectivity index (χ0v) is 19.6. The summed E-state index contributed by atoms with van der Waals surface area (Å²) in [6.07, 6.45) is 5.36. The fourth-order valence-corrected chi connectivity index (χ4v) is 4.36. The van der Waals surface area contributed by atoms with E-state index in [0.717, 1.165) is 12.0 Å². The molecule has 178 valence electrons. The van der Waals surface area contributed by atoms with Crippen LogP contribution in [0.15, 0.2) is 30.3 Å². The van der Waals surface area contributed by atoms with Gasteiger partial charge in [-0.1, -0.05) is 56.5 Å². The highest BCUT2D eigenvalue weighted by Crippen LogP contribution is 2.30. The predicted octanol–water partition coefficient (Wildman–Crippen LogP) is 1.12. The molecule has 0 bridgehead atoms. The van der Waals surface area contributed by atoms with Gasteiger partial charge in [-0.25, -0.2) is 14.8 Å². The second-order valence-corrected chi connectivity index (χ2v) is 8.46. The highest BCUT2D eigenvalue weighted by Gasteiger charge is 2.51. The summed E-state index contributed by atoms with van der Waals surface area (Å²) in [7, 11) is 1.71. The molecule has 4 amide bonds. The summed E-state index contributed by atoms with van der Waals surface area (Å²) in [6, 6.07) is 8.68. The molecule has 2 fully saturated rings. The highest BCUT2D eigenvalue weighted by atomic mass is 16.5. The van der Waals surface area contributed by atoms with Crippen molar-refractivity contribution in [1.29, 1.82) is 0 Å². The molecule has 0 radical (unpaired) electrons. The number of amides is 4. The van der Waals surface area contributed by atoms with Crippen LogP contribution in [0.3, 0.4) is 0 Å². The van der Waals surface area contributed by atoms with Crippen LogP contribution in [0.1, 0.15) is 25.8 Å². The first-order chi connectivity index (χ1) is 15.9. The zero-order valence-electron chi connectivity index (χ0n) is 19.6. The third kappa shape index (κ3) is 5.46. The number of nitrogens with one attached hydrogen (secondary N) is 1. The molecule has 9 nitrogen and oxygen atoms in total. The molecule has 1 aromatic rings. The van der Waals surface area contributed by atoms with Gasteiger partial charge < -0.3 is 19.9 Å². The van der Waals surface area contributed by atoms with Crippen molar-refractivity contribution in [3.8, 4) is 12.3 Å². The number of carbonyl (C=O) groups is 3. The Hall–Kier alpha value is -3.09. The number of piperazine rings is 1. The van der Waals surface area contributed by atoms with E-state index in [4.69, 9.17) is 11.2 Å². The first-order valence-corrected chi connectivity index (χ1v) is 11.3. The quantitative estimate of drug-likeness (QED) is 0.469. The van der Waals surface area contributed by atoms with Gasteiger partial charge in [-0.05, 0) is 11.5 Å². The number of terminal acetylenes is 1. The monoisotopic (exact) mass is 455 g/mol. The Labute approximate surface area is 195 Å². The topological polar surface area (TPSA) is 85.4 Å². The maximum absolute atomic E-state index is 13.4. The third-order valence-corrected chi connectivity index (χ3v) is 6.24. The fourth-order valence-electron chi connectivity index (χ4n) is 4.36. The number of benzene rings is 1. The minimum atomic E-state index is -0.632. The van der Waals surface area contributed by atoms with Crippen molar-refractivity contribution < 1.29 is 19.1 Å². The molecule has 0 aliphatic carbocycles. The largest absolute Gasteiger partial charge is 0.367 e. The summed E-state index contributed by atoms with van der Waals surface area (Å²) in [5.41, 5.74) is 0.974. The van der Waals surface area contributed by atoms with E-state index in [1.54, 1.807) is 26.9 Å². The normalized spacial score (nSPS) is 22.1. The van der Waals surface area contributed by atoms with Crippen LogP contribution in [0.2, 0.25) is 0 Å². The lowest BCUT2D eigenvalue weighted by molar-refractivity contribution is -0.190. The Morgan fingerprint density at radius 3 is 2.70 bits per heavy atom. The van der Waals surface area contributed by atoms with Gasteiger partial charge in [0.2, 0.25) is 11.8 Å². The van der Waals surface area contributed by atoms with Crippen molar-refractivity contribution >= 4 is 17.8 Å². The Morgan fingerprint density at radius 2 is 2.03 bits per heavy atom. The van der Waals surface area contributed by atoms with Crippen LogP contribution in [-0.4, -0.2) is 89.8 Å². The first kappa shape index (κ1) is 24.6. The Balaban J connectivity index is 1.83. The number of carbonyl (C=O) groups excluding carboxylic acids is 3. The van der Waals surface area contributed by atoms with Crippen molar-refractivity contribution in [3.63, 3.8) is 0 Å². The van der Waals surface area contributed by atoms with Gasteiger partial charge in [0.1, 0.15) is 18.8 Å². The molecule has 1 unspecified atom stereocenters. The van der Waals surface area contributed by atoms with Gasteiger partial charge in [-0.15, -0.1) is 6.42 Å². The summed E-state index contributed by atoms with van der Waals surface area (Å²) in [4.78, 5) is 43.0. The summed E-state index contributed by atoms with van der Waals surface area (Å²) in [6.45, 7) is 5.36. The number of urea groups is 1. The predicted molar refractivity (Wildman–Crippen MR) is 123 cm³/mol. The molecule has 3 atom stereocenters. The number of hydrogen-bond acceptors (Lipinski definition) is 5. The Bertz CT molecular complexity index is 887. The smallest absolute Gasteiger partial charge is 0.334 e. The summed E-state index contributed by atoms with van der Waals surface area (Å²) < 4.78 is 5.38. The second kappa shape index (κ2) is 11.2. The third-order valence-electron chi connectivity index (χ3n) is 6.24. The van der Waals surface area contributed by atoms with Crippen LogP contribution in [0.25, 0.3) is 0 Å². The van der Waals surface area contributed by atoms with E-state index in [0.29, 0.717) is 19.7 Å². The molecule has 9 heteroatoms. The van der Waals surface area contributed by atoms with Gasteiger partial charge in [0.15, 0.2) is 0 Å². The van der Waals surface area contributed by atoms with E-state index >= 15 is 0 Å². The van der Waals surface area contributed by atoms with E-state index in [1.165, 1.54) is 0 Å².